The minimum absolute atomic E-state index is 0.195. The molecule has 1 saturated heterocycles. The van der Waals surface area contributed by atoms with Gasteiger partial charge in [-0.2, -0.15) is 4.99 Å². The van der Waals surface area contributed by atoms with Crippen LogP contribution in [0.25, 0.3) is 0 Å². The molecule has 1 aliphatic heterocycles. The van der Waals surface area contributed by atoms with E-state index < -0.39 is 17.8 Å². The van der Waals surface area contributed by atoms with Gasteiger partial charge in [-0.05, 0) is 20.8 Å². The third kappa shape index (κ3) is 3.43. The van der Waals surface area contributed by atoms with Crippen LogP contribution in [0, 0.1) is 0 Å². The fourth-order valence-corrected chi connectivity index (χ4v) is 0.976. The molecule has 80 valence electrons. The second-order valence-corrected chi connectivity index (χ2v) is 4.11. The van der Waals surface area contributed by atoms with Crippen molar-refractivity contribution in [2.45, 2.75) is 32.5 Å². The topological polar surface area (TPSA) is 68.1 Å². The standard InChI is InChI=1S/C9H15NO4/c1-9(2,3)14-8(12)10-6-4-13-5-7(6)11/h7,11H,4-5H2,1-3H3/b10-6+/t7-/m0/s1. The molecule has 1 rings (SSSR count). The summed E-state index contributed by atoms with van der Waals surface area (Å²) in [6.07, 6.45) is -1.46. The second kappa shape index (κ2) is 4.06. The Balaban J connectivity index is 2.55. The van der Waals surface area contributed by atoms with Crippen LogP contribution in [0.4, 0.5) is 4.79 Å². The summed E-state index contributed by atoms with van der Waals surface area (Å²) in [7, 11) is 0. The Hall–Kier alpha value is -0.940. The monoisotopic (exact) mass is 201 g/mol. The van der Waals surface area contributed by atoms with Crippen molar-refractivity contribution >= 4 is 11.8 Å². The largest absolute Gasteiger partial charge is 0.442 e. The highest BCUT2D eigenvalue weighted by atomic mass is 16.6. The third-order valence-electron chi connectivity index (χ3n) is 1.54. The van der Waals surface area contributed by atoms with Gasteiger partial charge in [-0.15, -0.1) is 0 Å². The molecule has 14 heavy (non-hydrogen) atoms. The molecule has 1 aliphatic rings. The lowest BCUT2D eigenvalue weighted by Crippen LogP contribution is -2.25. The molecule has 0 radical (unpaired) electrons. The summed E-state index contributed by atoms with van der Waals surface area (Å²) in [6.45, 7) is 5.66. The van der Waals surface area contributed by atoms with Crippen molar-refractivity contribution in [2.75, 3.05) is 13.2 Å². The SMILES string of the molecule is CC(C)(C)OC(=O)/N=C1\COC[C@@H]1O. The highest BCUT2D eigenvalue weighted by Gasteiger charge is 2.23. The van der Waals surface area contributed by atoms with E-state index in [4.69, 9.17) is 9.47 Å². The fraction of sp³-hybridized carbons (Fsp3) is 0.778. The van der Waals surface area contributed by atoms with E-state index in [9.17, 15) is 9.90 Å². The van der Waals surface area contributed by atoms with Crippen LogP contribution in [-0.4, -0.2) is 41.8 Å². The predicted molar refractivity (Wildman–Crippen MR) is 50.5 cm³/mol. The zero-order chi connectivity index (χ0) is 10.8. The maximum atomic E-state index is 11.2. The number of carbonyl (C=O) groups is 1. The van der Waals surface area contributed by atoms with Gasteiger partial charge in [-0.1, -0.05) is 0 Å². The van der Waals surface area contributed by atoms with E-state index in [1.807, 2.05) is 0 Å². The smallest absolute Gasteiger partial charge is 0.434 e. The Labute approximate surface area is 82.7 Å². The van der Waals surface area contributed by atoms with E-state index in [1.54, 1.807) is 20.8 Å². The van der Waals surface area contributed by atoms with E-state index in [-0.39, 0.29) is 13.2 Å². The average Bonchev–Trinajstić information content (AvgIpc) is 2.32. The van der Waals surface area contributed by atoms with Gasteiger partial charge in [-0.3, -0.25) is 0 Å². The molecule has 5 heteroatoms. The summed E-state index contributed by atoms with van der Waals surface area (Å²) in [6, 6.07) is 0. The predicted octanol–water partition coefficient (Wildman–Crippen LogP) is 0.754. The van der Waals surface area contributed by atoms with Gasteiger partial charge in [-0.25, -0.2) is 4.79 Å². The number of aliphatic hydroxyl groups excluding tert-OH is 1. The van der Waals surface area contributed by atoms with E-state index in [0.717, 1.165) is 0 Å². The Morgan fingerprint density at radius 3 is 2.71 bits per heavy atom. The molecule has 1 heterocycles. The first-order valence-corrected chi connectivity index (χ1v) is 4.45. The van der Waals surface area contributed by atoms with E-state index in [1.165, 1.54) is 0 Å². The maximum absolute atomic E-state index is 11.2. The molecule has 0 bridgehead atoms. The van der Waals surface area contributed by atoms with Crippen LogP contribution in [0.3, 0.4) is 0 Å². The van der Waals surface area contributed by atoms with Gasteiger partial charge in [0.1, 0.15) is 11.7 Å². The molecule has 0 spiro atoms. The van der Waals surface area contributed by atoms with Gasteiger partial charge in [0.05, 0.1) is 18.9 Å². The van der Waals surface area contributed by atoms with Crippen LogP contribution in [0.5, 0.6) is 0 Å². The quantitative estimate of drug-likeness (QED) is 0.628. The molecule has 0 aromatic rings. The van der Waals surface area contributed by atoms with Crippen molar-refractivity contribution in [1.82, 2.24) is 0 Å². The number of carbonyl (C=O) groups excluding carboxylic acids is 1. The Bertz CT molecular complexity index is 254. The molecular weight excluding hydrogens is 186 g/mol. The lowest BCUT2D eigenvalue weighted by Gasteiger charge is -2.17. The minimum Gasteiger partial charge on any atom is -0.442 e. The van der Waals surface area contributed by atoms with Gasteiger partial charge < -0.3 is 14.6 Å². The van der Waals surface area contributed by atoms with Crippen LogP contribution >= 0.6 is 0 Å². The number of aliphatic hydroxyl groups is 1. The maximum Gasteiger partial charge on any atom is 0.434 e. The Morgan fingerprint density at radius 2 is 2.29 bits per heavy atom. The fourth-order valence-electron chi connectivity index (χ4n) is 0.976. The summed E-state index contributed by atoms with van der Waals surface area (Å²) < 4.78 is 9.87. The summed E-state index contributed by atoms with van der Waals surface area (Å²) in [5, 5.41) is 9.27. The van der Waals surface area contributed by atoms with Gasteiger partial charge in [0.25, 0.3) is 0 Å². The van der Waals surface area contributed by atoms with E-state index in [2.05, 4.69) is 4.99 Å². The van der Waals surface area contributed by atoms with Gasteiger partial charge in [0, 0.05) is 0 Å². The lowest BCUT2D eigenvalue weighted by molar-refractivity contribution is 0.0602. The number of rotatable bonds is 0. The molecule has 0 unspecified atom stereocenters. The molecule has 0 aliphatic carbocycles. The van der Waals surface area contributed by atoms with Gasteiger partial charge in [0.2, 0.25) is 0 Å². The number of hydrogen-bond acceptors (Lipinski definition) is 4. The first-order valence-electron chi connectivity index (χ1n) is 4.45. The van der Waals surface area contributed by atoms with Crippen LogP contribution in [0.2, 0.25) is 0 Å². The number of aliphatic imine (C=N–C) groups is 1. The number of ether oxygens (including phenoxy) is 2. The molecule has 0 saturated carbocycles. The van der Waals surface area contributed by atoms with Crippen molar-refractivity contribution < 1.29 is 19.4 Å². The zero-order valence-electron chi connectivity index (χ0n) is 8.61. The Kier molecular flexibility index (Phi) is 3.23. The molecule has 1 atom stereocenters. The van der Waals surface area contributed by atoms with Crippen molar-refractivity contribution in [3.05, 3.63) is 0 Å². The first-order chi connectivity index (χ1) is 6.38. The van der Waals surface area contributed by atoms with Gasteiger partial charge in [0.15, 0.2) is 0 Å². The highest BCUT2D eigenvalue weighted by Crippen LogP contribution is 2.09. The van der Waals surface area contributed by atoms with Crippen LogP contribution < -0.4 is 0 Å². The van der Waals surface area contributed by atoms with Crippen molar-refractivity contribution in [2.24, 2.45) is 4.99 Å². The van der Waals surface area contributed by atoms with Crippen molar-refractivity contribution in [3.63, 3.8) is 0 Å². The second-order valence-electron chi connectivity index (χ2n) is 4.11. The normalized spacial score (nSPS) is 25.4. The lowest BCUT2D eigenvalue weighted by atomic mass is 10.2. The van der Waals surface area contributed by atoms with E-state index >= 15 is 0 Å². The number of nitrogens with zero attached hydrogens (tertiary/aromatic N) is 1. The molecule has 1 N–H and O–H groups in total. The zero-order valence-corrected chi connectivity index (χ0v) is 8.61. The van der Waals surface area contributed by atoms with Crippen molar-refractivity contribution in [1.29, 1.82) is 0 Å². The molecule has 1 fully saturated rings. The highest BCUT2D eigenvalue weighted by molar-refractivity contribution is 5.98. The third-order valence-corrected chi connectivity index (χ3v) is 1.54. The van der Waals surface area contributed by atoms with Crippen LogP contribution in [0.1, 0.15) is 20.8 Å². The average molecular weight is 201 g/mol. The molecule has 0 aromatic heterocycles. The number of amides is 1. The summed E-state index contributed by atoms with van der Waals surface area (Å²) >= 11 is 0. The van der Waals surface area contributed by atoms with Gasteiger partial charge >= 0.3 is 6.09 Å². The molecule has 0 aromatic carbocycles. The molecule has 1 amide bonds. The van der Waals surface area contributed by atoms with Crippen LogP contribution in [0.15, 0.2) is 4.99 Å². The van der Waals surface area contributed by atoms with E-state index in [0.29, 0.717) is 5.71 Å². The summed E-state index contributed by atoms with van der Waals surface area (Å²) in [5.41, 5.74) is -0.231. The summed E-state index contributed by atoms with van der Waals surface area (Å²) in [5.74, 6) is 0. The Morgan fingerprint density at radius 1 is 1.64 bits per heavy atom. The number of hydrogen-bond donors (Lipinski definition) is 1. The molecule has 5 nitrogen and oxygen atoms in total. The summed E-state index contributed by atoms with van der Waals surface area (Å²) in [4.78, 5) is 14.8. The molecular formula is C9H15NO4. The van der Waals surface area contributed by atoms with Crippen molar-refractivity contribution in [3.8, 4) is 0 Å². The van der Waals surface area contributed by atoms with Crippen LogP contribution in [-0.2, 0) is 9.47 Å². The minimum atomic E-state index is -0.775. The first kappa shape index (κ1) is 11.1.